The van der Waals surface area contributed by atoms with Gasteiger partial charge in [0.25, 0.3) is 5.91 Å². The van der Waals surface area contributed by atoms with Crippen LogP contribution in [0.1, 0.15) is 39.2 Å². The van der Waals surface area contributed by atoms with Crippen LogP contribution in [0.5, 0.6) is 0 Å². The third-order valence-corrected chi connectivity index (χ3v) is 5.58. The molecule has 0 bridgehead atoms. The van der Waals surface area contributed by atoms with Gasteiger partial charge >= 0.3 is 0 Å². The Hall–Kier alpha value is -3.47. The van der Waals surface area contributed by atoms with Crippen molar-refractivity contribution < 1.29 is 9.59 Å². The predicted octanol–water partition coefficient (Wildman–Crippen LogP) is 3.85. The molecule has 3 aromatic rings. The van der Waals surface area contributed by atoms with Gasteiger partial charge in [0.15, 0.2) is 0 Å². The van der Waals surface area contributed by atoms with Crippen molar-refractivity contribution in [3.05, 3.63) is 76.5 Å². The summed E-state index contributed by atoms with van der Waals surface area (Å²) in [7, 11) is 3.24. The smallest absolute Gasteiger partial charge is 0.255 e. The zero-order valence-corrected chi connectivity index (χ0v) is 17.5. The lowest BCUT2D eigenvalue weighted by Gasteiger charge is -2.19. The molecule has 4 rings (SSSR count). The quantitative estimate of drug-likeness (QED) is 0.725. The number of para-hydroxylation sites is 1. The van der Waals surface area contributed by atoms with Gasteiger partial charge in [-0.3, -0.25) is 9.59 Å². The van der Waals surface area contributed by atoms with Gasteiger partial charge < -0.3 is 10.2 Å². The Morgan fingerprint density at radius 1 is 1.10 bits per heavy atom. The van der Waals surface area contributed by atoms with E-state index in [2.05, 4.69) is 42.6 Å². The molecule has 152 valence electrons. The first kappa shape index (κ1) is 19.8. The molecule has 0 fully saturated rings. The SMILES string of the molecule is CNC(=O)CN(C)C(=O)c1c2c(nc3ccccc13)/C(=C\c1ccc(C)cc1)CC2. The molecule has 30 heavy (non-hydrogen) atoms. The van der Waals surface area contributed by atoms with E-state index in [-0.39, 0.29) is 18.4 Å². The fourth-order valence-corrected chi connectivity index (χ4v) is 3.94. The highest BCUT2D eigenvalue weighted by Gasteiger charge is 2.28. The summed E-state index contributed by atoms with van der Waals surface area (Å²) < 4.78 is 0. The van der Waals surface area contributed by atoms with E-state index in [1.165, 1.54) is 10.5 Å². The van der Waals surface area contributed by atoms with Gasteiger partial charge in [0, 0.05) is 19.5 Å². The van der Waals surface area contributed by atoms with E-state index in [1.54, 1.807) is 14.1 Å². The molecule has 5 heteroatoms. The summed E-state index contributed by atoms with van der Waals surface area (Å²) >= 11 is 0. The van der Waals surface area contributed by atoms with E-state index < -0.39 is 0 Å². The second-order valence-electron chi connectivity index (χ2n) is 7.75. The van der Waals surface area contributed by atoms with E-state index in [9.17, 15) is 9.59 Å². The van der Waals surface area contributed by atoms with Gasteiger partial charge in [-0.1, -0.05) is 48.0 Å². The fraction of sp³-hybridized carbons (Fsp3) is 0.240. The number of rotatable bonds is 4. The molecule has 1 aromatic heterocycles. The van der Waals surface area contributed by atoms with Crippen LogP contribution in [0.25, 0.3) is 22.6 Å². The molecular weight excluding hydrogens is 374 g/mol. The zero-order valence-electron chi connectivity index (χ0n) is 17.5. The minimum atomic E-state index is -0.194. The molecule has 1 heterocycles. The summed E-state index contributed by atoms with van der Waals surface area (Å²) in [5, 5.41) is 3.41. The number of likely N-dealkylation sites (N-methyl/N-ethyl adjacent to an activating group) is 2. The summed E-state index contributed by atoms with van der Waals surface area (Å²) in [6.07, 6.45) is 3.77. The molecule has 1 aliphatic rings. The second kappa shape index (κ2) is 8.11. The number of fused-ring (bicyclic) bond motifs is 2. The Morgan fingerprint density at radius 3 is 2.57 bits per heavy atom. The number of carbonyl (C=O) groups excluding carboxylic acids is 2. The number of nitrogens with zero attached hydrogens (tertiary/aromatic N) is 2. The second-order valence-corrected chi connectivity index (χ2v) is 7.75. The highest BCUT2D eigenvalue weighted by atomic mass is 16.2. The van der Waals surface area contributed by atoms with Crippen molar-refractivity contribution in [2.75, 3.05) is 20.6 Å². The van der Waals surface area contributed by atoms with Crippen LogP contribution in [0.15, 0.2) is 48.5 Å². The topological polar surface area (TPSA) is 62.3 Å². The predicted molar refractivity (Wildman–Crippen MR) is 120 cm³/mol. The van der Waals surface area contributed by atoms with Gasteiger partial charge in [-0.25, -0.2) is 4.98 Å². The summed E-state index contributed by atoms with van der Waals surface area (Å²) in [5.41, 5.74) is 6.82. The van der Waals surface area contributed by atoms with Crippen LogP contribution in [0.3, 0.4) is 0 Å². The number of aromatic nitrogens is 1. The van der Waals surface area contributed by atoms with E-state index in [0.717, 1.165) is 46.1 Å². The van der Waals surface area contributed by atoms with Crippen molar-refractivity contribution in [1.29, 1.82) is 0 Å². The van der Waals surface area contributed by atoms with Crippen molar-refractivity contribution >= 4 is 34.4 Å². The van der Waals surface area contributed by atoms with Gasteiger partial charge in [-0.15, -0.1) is 0 Å². The summed E-state index contributed by atoms with van der Waals surface area (Å²) in [6, 6.07) is 16.1. The number of allylic oxidation sites excluding steroid dienone is 1. The molecule has 0 atom stereocenters. The van der Waals surface area contributed by atoms with Crippen molar-refractivity contribution in [1.82, 2.24) is 15.2 Å². The first-order valence-electron chi connectivity index (χ1n) is 10.1. The highest BCUT2D eigenvalue weighted by Crippen LogP contribution is 2.37. The monoisotopic (exact) mass is 399 g/mol. The average Bonchev–Trinajstić information content (AvgIpc) is 3.15. The summed E-state index contributed by atoms with van der Waals surface area (Å²) in [4.78, 5) is 31.6. The molecule has 5 nitrogen and oxygen atoms in total. The molecule has 0 radical (unpaired) electrons. The van der Waals surface area contributed by atoms with Crippen LogP contribution >= 0.6 is 0 Å². The Bertz CT molecular complexity index is 1160. The fourth-order valence-electron chi connectivity index (χ4n) is 3.94. The molecule has 1 aliphatic carbocycles. The molecule has 1 N–H and O–H groups in total. The van der Waals surface area contributed by atoms with Crippen LogP contribution in [-0.4, -0.2) is 42.3 Å². The van der Waals surface area contributed by atoms with Crippen LogP contribution in [-0.2, 0) is 11.2 Å². The highest BCUT2D eigenvalue weighted by molar-refractivity contribution is 6.10. The van der Waals surface area contributed by atoms with E-state index in [0.29, 0.717) is 5.56 Å². The van der Waals surface area contributed by atoms with Crippen LogP contribution in [0.4, 0.5) is 0 Å². The molecule has 0 unspecified atom stereocenters. The number of hydrogen-bond donors (Lipinski definition) is 1. The molecule has 0 aliphatic heterocycles. The lowest BCUT2D eigenvalue weighted by atomic mass is 9.99. The van der Waals surface area contributed by atoms with Gasteiger partial charge in [0.05, 0.1) is 23.3 Å². The lowest BCUT2D eigenvalue weighted by molar-refractivity contribution is -0.121. The minimum absolute atomic E-state index is 0.0207. The maximum Gasteiger partial charge on any atom is 0.255 e. The number of carbonyl (C=O) groups is 2. The summed E-state index contributed by atoms with van der Waals surface area (Å²) in [6.45, 7) is 2.09. The first-order valence-corrected chi connectivity index (χ1v) is 10.1. The minimum Gasteiger partial charge on any atom is -0.358 e. The van der Waals surface area contributed by atoms with Crippen LogP contribution in [0, 0.1) is 6.92 Å². The van der Waals surface area contributed by atoms with Crippen molar-refractivity contribution in [2.24, 2.45) is 0 Å². The van der Waals surface area contributed by atoms with Crippen molar-refractivity contribution in [2.45, 2.75) is 19.8 Å². The molecular formula is C25H25N3O2. The average molecular weight is 399 g/mol. The van der Waals surface area contributed by atoms with Gasteiger partial charge in [-0.05, 0) is 48.6 Å². The third kappa shape index (κ3) is 3.71. The summed E-state index contributed by atoms with van der Waals surface area (Å²) in [5.74, 6) is -0.342. The maximum atomic E-state index is 13.4. The number of benzene rings is 2. The Balaban J connectivity index is 1.83. The van der Waals surface area contributed by atoms with Crippen molar-refractivity contribution in [3.63, 3.8) is 0 Å². The van der Waals surface area contributed by atoms with Crippen LogP contribution < -0.4 is 5.32 Å². The number of pyridine rings is 1. The molecule has 0 saturated heterocycles. The van der Waals surface area contributed by atoms with Gasteiger partial charge in [-0.2, -0.15) is 0 Å². The molecule has 0 spiro atoms. The van der Waals surface area contributed by atoms with Gasteiger partial charge in [0.2, 0.25) is 5.91 Å². The van der Waals surface area contributed by atoms with Crippen LogP contribution in [0.2, 0.25) is 0 Å². The number of hydrogen-bond acceptors (Lipinski definition) is 3. The molecule has 0 saturated carbocycles. The maximum absolute atomic E-state index is 13.4. The Kier molecular flexibility index (Phi) is 5.36. The largest absolute Gasteiger partial charge is 0.358 e. The standard InChI is InChI=1S/C25H25N3O2/c1-16-8-10-17(11-9-16)14-18-12-13-20-23(25(30)28(3)15-22(29)26-2)19-6-4-5-7-21(19)27-24(18)20/h4-11,14H,12-13,15H2,1-3H3,(H,26,29)/b18-14-. The normalized spacial score (nSPS) is 14.0. The van der Waals surface area contributed by atoms with E-state index in [4.69, 9.17) is 4.98 Å². The van der Waals surface area contributed by atoms with Gasteiger partial charge in [0.1, 0.15) is 0 Å². The first-order chi connectivity index (χ1) is 14.5. The molecule has 2 aromatic carbocycles. The Labute approximate surface area is 176 Å². The van der Waals surface area contributed by atoms with E-state index in [1.807, 2.05) is 24.3 Å². The number of aryl methyl sites for hydroxylation is 1. The molecule has 2 amide bonds. The number of nitrogens with one attached hydrogen (secondary N) is 1. The third-order valence-electron chi connectivity index (χ3n) is 5.58. The number of amides is 2. The van der Waals surface area contributed by atoms with Crippen molar-refractivity contribution in [3.8, 4) is 0 Å². The zero-order chi connectivity index (χ0) is 21.3. The Morgan fingerprint density at radius 2 is 1.83 bits per heavy atom. The van der Waals surface area contributed by atoms with E-state index >= 15 is 0 Å². The lowest BCUT2D eigenvalue weighted by Crippen LogP contribution is -2.37.